The van der Waals surface area contributed by atoms with Crippen molar-refractivity contribution in [3.05, 3.63) is 42.9 Å². The third-order valence-corrected chi connectivity index (χ3v) is 7.25. The van der Waals surface area contributed by atoms with Gasteiger partial charge in [-0.3, -0.25) is 15.1 Å². The maximum absolute atomic E-state index is 12.0. The minimum Gasteiger partial charge on any atom is -0.481 e. The maximum atomic E-state index is 12.0. The minimum atomic E-state index is -0.751. The van der Waals surface area contributed by atoms with E-state index >= 15 is 0 Å². The Morgan fingerprint density at radius 3 is 2.65 bits per heavy atom. The van der Waals surface area contributed by atoms with Gasteiger partial charge in [0.25, 0.3) is 0 Å². The molecule has 5 rings (SSSR count). The molecular weight excluding hydrogens is 492 g/mol. The molecule has 2 unspecified atom stereocenters. The summed E-state index contributed by atoms with van der Waals surface area (Å²) in [5.41, 5.74) is 3.36. The van der Waals surface area contributed by atoms with Gasteiger partial charge < -0.3 is 15.3 Å². The van der Waals surface area contributed by atoms with E-state index in [4.69, 9.17) is 4.98 Å². The summed E-state index contributed by atoms with van der Waals surface area (Å²) in [6.07, 6.45) is 6.26. The van der Waals surface area contributed by atoms with Crippen molar-refractivity contribution in [1.82, 2.24) is 30.2 Å². The summed E-state index contributed by atoms with van der Waals surface area (Å²) < 4.78 is 0.807. The number of thiazole rings is 1. The van der Waals surface area contributed by atoms with Crippen molar-refractivity contribution in [1.29, 1.82) is 0 Å². The number of carboxylic acids is 1. The molecule has 0 radical (unpaired) electrons. The summed E-state index contributed by atoms with van der Waals surface area (Å²) >= 11 is 1.34. The molecule has 0 spiro atoms. The lowest BCUT2D eigenvalue weighted by Crippen LogP contribution is -2.43. The van der Waals surface area contributed by atoms with Gasteiger partial charge in [-0.2, -0.15) is 0 Å². The number of carboxylic acid groups (broad SMARTS) is 1. The number of hydrogen-bond acceptors (Lipinski definition) is 9. The molecule has 2 atom stereocenters. The highest BCUT2D eigenvalue weighted by molar-refractivity contribution is 7.22. The third kappa shape index (κ3) is 5.19. The van der Waals surface area contributed by atoms with Crippen molar-refractivity contribution in [3.8, 4) is 22.6 Å². The van der Waals surface area contributed by atoms with Crippen LogP contribution in [-0.2, 0) is 4.79 Å². The van der Waals surface area contributed by atoms with Gasteiger partial charge in [-0.05, 0) is 44.9 Å². The molecule has 1 saturated heterocycles. The van der Waals surface area contributed by atoms with Crippen LogP contribution in [-0.4, -0.2) is 61.2 Å². The summed E-state index contributed by atoms with van der Waals surface area (Å²) in [6.45, 7) is 4.94. The van der Waals surface area contributed by atoms with E-state index in [-0.39, 0.29) is 18.0 Å². The number of fused-ring (bicyclic) bond motifs is 1. The van der Waals surface area contributed by atoms with Crippen LogP contribution in [0.25, 0.3) is 32.9 Å². The Morgan fingerprint density at radius 1 is 1.16 bits per heavy atom. The number of aromatic nitrogens is 5. The molecule has 1 aliphatic rings. The highest BCUT2D eigenvalue weighted by atomic mass is 32.1. The van der Waals surface area contributed by atoms with Crippen molar-refractivity contribution in [2.45, 2.75) is 32.7 Å². The van der Waals surface area contributed by atoms with Gasteiger partial charge in [-0.25, -0.2) is 24.7 Å². The molecule has 0 bridgehead atoms. The van der Waals surface area contributed by atoms with E-state index in [1.165, 1.54) is 11.3 Å². The molecule has 1 fully saturated rings. The van der Waals surface area contributed by atoms with Crippen LogP contribution < -0.4 is 15.5 Å². The van der Waals surface area contributed by atoms with Crippen LogP contribution in [0.1, 0.15) is 26.7 Å². The number of rotatable bonds is 6. The van der Waals surface area contributed by atoms with Crippen molar-refractivity contribution < 1.29 is 14.7 Å². The van der Waals surface area contributed by atoms with Gasteiger partial charge >= 0.3 is 12.0 Å². The Labute approximate surface area is 217 Å². The lowest BCUT2D eigenvalue weighted by atomic mass is 9.92. The first-order chi connectivity index (χ1) is 17.9. The van der Waals surface area contributed by atoms with Gasteiger partial charge in [-0.1, -0.05) is 17.4 Å². The summed E-state index contributed by atoms with van der Waals surface area (Å²) in [4.78, 5) is 48.6. The molecule has 0 aliphatic carbocycles. The molecule has 12 heteroatoms. The molecule has 4 aromatic heterocycles. The van der Waals surface area contributed by atoms with E-state index in [1.807, 2.05) is 43.0 Å². The second-order valence-electron chi connectivity index (χ2n) is 8.80. The number of anilines is 2. The monoisotopic (exact) mass is 518 g/mol. The van der Waals surface area contributed by atoms with Crippen LogP contribution >= 0.6 is 11.3 Å². The molecule has 37 heavy (non-hydrogen) atoms. The lowest BCUT2D eigenvalue weighted by Gasteiger charge is -2.36. The van der Waals surface area contributed by atoms with E-state index in [0.717, 1.165) is 4.70 Å². The predicted molar refractivity (Wildman–Crippen MR) is 142 cm³/mol. The Kier molecular flexibility index (Phi) is 6.91. The Morgan fingerprint density at radius 2 is 1.97 bits per heavy atom. The summed E-state index contributed by atoms with van der Waals surface area (Å²) in [5.74, 6) is -0.524. The molecule has 4 aromatic rings. The number of carbonyl (C=O) groups is 2. The molecule has 2 amide bonds. The summed E-state index contributed by atoms with van der Waals surface area (Å²) in [5, 5.41) is 15.3. The number of urea groups is 1. The highest BCUT2D eigenvalue weighted by Crippen LogP contribution is 2.36. The highest BCUT2D eigenvalue weighted by Gasteiger charge is 2.31. The lowest BCUT2D eigenvalue weighted by molar-refractivity contribution is -0.142. The Bertz CT molecular complexity index is 1430. The van der Waals surface area contributed by atoms with Crippen LogP contribution in [0.15, 0.2) is 42.9 Å². The van der Waals surface area contributed by atoms with Crippen molar-refractivity contribution in [2.75, 3.05) is 23.3 Å². The van der Waals surface area contributed by atoms with Crippen molar-refractivity contribution >= 4 is 44.6 Å². The quantitative estimate of drug-likeness (QED) is 0.344. The number of pyridine rings is 2. The van der Waals surface area contributed by atoms with E-state index in [2.05, 4.69) is 30.6 Å². The van der Waals surface area contributed by atoms with Gasteiger partial charge in [0.1, 0.15) is 5.69 Å². The van der Waals surface area contributed by atoms with Gasteiger partial charge in [0.2, 0.25) is 5.95 Å². The third-order valence-electron chi connectivity index (χ3n) is 6.26. The van der Waals surface area contributed by atoms with Gasteiger partial charge in [0.05, 0.1) is 27.5 Å². The maximum Gasteiger partial charge on any atom is 0.321 e. The van der Waals surface area contributed by atoms with E-state index in [1.54, 1.807) is 18.6 Å². The Balaban J connectivity index is 1.48. The Hall–Kier alpha value is -4.19. The minimum absolute atomic E-state index is 0.0248. The molecule has 5 heterocycles. The van der Waals surface area contributed by atoms with Crippen molar-refractivity contribution in [2.24, 2.45) is 5.92 Å². The fourth-order valence-corrected chi connectivity index (χ4v) is 5.34. The first kappa shape index (κ1) is 24.5. The van der Waals surface area contributed by atoms with E-state index < -0.39 is 5.97 Å². The summed E-state index contributed by atoms with van der Waals surface area (Å²) in [7, 11) is 0. The molecule has 190 valence electrons. The summed E-state index contributed by atoms with van der Waals surface area (Å²) in [6, 6.07) is 7.16. The zero-order valence-electron chi connectivity index (χ0n) is 20.4. The second kappa shape index (κ2) is 10.4. The first-order valence-corrected chi connectivity index (χ1v) is 12.8. The van der Waals surface area contributed by atoms with E-state index in [0.29, 0.717) is 65.2 Å². The number of nitrogens with one attached hydrogen (secondary N) is 2. The number of nitrogens with zero attached hydrogens (tertiary/aromatic N) is 6. The van der Waals surface area contributed by atoms with Crippen LogP contribution in [0, 0.1) is 5.92 Å². The SMILES string of the molecule is CCNC(=O)Nc1nc2cc(-c3cnc(N4CCC(C(=O)O)CC4C)nc3)nc(-c3ccccn3)c2s1. The fourth-order valence-electron chi connectivity index (χ4n) is 4.41. The van der Waals surface area contributed by atoms with Crippen molar-refractivity contribution in [3.63, 3.8) is 0 Å². The molecule has 1 aliphatic heterocycles. The van der Waals surface area contributed by atoms with Crippen LogP contribution in [0.5, 0.6) is 0 Å². The number of carbonyl (C=O) groups excluding carboxylic acids is 1. The average Bonchev–Trinajstić information content (AvgIpc) is 3.31. The number of aliphatic carboxylic acids is 1. The van der Waals surface area contributed by atoms with Gasteiger partial charge in [0, 0.05) is 43.3 Å². The first-order valence-electron chi connectivity index (χ1n) is 12.0. The van der Waals surface area contributed by atoms with Crippen LogP contribution in [0.3, 0.4) is 0 Å². The largest absolute Gasteiger partial charge is 0.481 e. The molecule has 11 nitrogen and oxygen atoms in total. The zero-order valence-corrected chi connectivity index (χ0v) is 21.2. The fraction of sp³-hybridized carbons (Fsp3) is 0.320. The number of piperidine rings is 1. The van der Waals surface area contributed by atoms with Crippen LogP contribution in [0.4, 0.5) is 15.9 Å². The zero-order chi connectivity index (χ0) is 25.9. The van der Waals surface area contributed by atoms with Gasteiger partial charge in [-0.15, -0.1) is 0 Å². The standard InChI is InChI=1S/C25H26N8O3S/c1-3-26-24(36)32-25-31-19-11-18(30-20(21(19)37-25)17-6-4-5-8-27-17)16-12-28-23(29-13-16)33-9-7-15(22(34)35)10-14(33)2/h4-6,8,11-15H,3,7,9-10H2,1-2H3,(H,34,35)(H2,26,31,32,36). The van der Waals surface area contributed by atoms with Gasteiger partial charge in [0.15, 0.2) is 5.13 Å². The number of amides is 2. The topological polar surface area (TPSA) is 146 Å². The predicted octanol–water partition coefficient (Wildman–Crippen LogP) is 4.04. The van der Waals surface area contributed by atoms with Crippen LogP contribution in [0.2, 0.25) is 0 Å². The normalized spacial score (nSPS) is 17.5. The smallest absolute Gasteiger partial charge is 0.321 e. The number of hydrogen-bond donors (Lipinski definition) is 3. The second-order valence-corrected chi connectivity index (χ2v) is 9.80. The molecular formula is C25H26N8O3S. The molecule has 0 aromatic carbocycles. The molecule has 0 saturated carbocycles. The van der Waals surface area contributed by atoms with E-state index in [9.17, 15) is 14.7 Å². The molecule has 3 N–H and O–H groups in total. The average molecular weight is 519 g/mol.